The van der Waals surface area contributed by atoms with E-state index >= 15 is 0 Å². The minimum Gasteiger partial charge on any atom is -0.494 e. The fraction of sp³-hybridized carbons (Fsp3) is 0.391. The topological polar surface area (TPSA) is 54.9 Å². The lowest BCUT2D eigenvalue weighted by molar-refractivity contribution is 0.0746. The summed E-state index contributed by atoms with van der Waals surface area (Å²) in [5.74, 6) is 1.40. The number of piperazine rings is 1. The number of aromatic nitrogens is 1. The lowest BCUT2D eigenvalue weighted by Gasteiger charge is -2.34. The highest BCUT2D eigenvalue weighted by Gasteiger charge is 2.25. The number of unbranched alkanes of at least 4 members (excludes halogenated alkanes) is 1. The number of hydrogen-bond donors (Lipinski definition) is 0. The molecule has 0 bridgehead atoms. The summed E-state index contributed by atoms with van der Waals surface area (Å²) in [5, 5.41) is 1.48. The predicted octanol–water partition coefficient (Wildman–Crippen LogP) is 5.10. The third-order valence-electron chi connectivity index (χ3n) is 5.34. The number of amides is 1. The van der Waals surface area contributed by atoms with Crippen LogP contribution in [0.2, 0.25) is 5.02 Å². The van der Waals surface area contributed by atoms with Crippen LogP contribution in [0.5, 0.6) is 11.5 Å². The maximum absolute atomic E-state index is 13.0. The number of carbonyl (C=O) groups is 1. The highest BCUT2D eigenvalue weighted by atomic mass is 35.5. The van der Waals surface area contributed by atoms with Gasteiger partial charge < -0.3 is 19.3 Å². The summed E-state index contributed by atoms with van der Waals surface area (Å²) >= 11 is 7.85. The number of ether oxygens (including phenoxy) is 2. The van der Waals surface area contributed by atoms with Crippen LogP contribution in [0.4, 0.5) is 5.13 Å². The number of carbonyl (C=O) groups excluding carboxylic acids is 1. The van der Waals surface area contributed by atoms with Gasteiger partial charge in [-0.15, -0.1) is 0 Å². The van der Waals surface area contributed by atoms with Gasteiger partial charge >= 0.3 is 0 Å². The van der Waals surface area contributed by atoms with E-state index in [1.54, 1.807) is 18.4 Å². The van der Waals surface area contributed by atoms with Crippen LogP contribution in [0.3, 0.4) is 0 Å². The van der Waals surface area contributed by atoms with E-state index in [0.29, 0.717) is 36.0 Å². The van der Waals surface area contributed by atoms with Gasteiger partial charge in [0, 0.05) is 31.7 Å². The first kappa shape index (κ1) is 21.7. The van der Waals surface area contributed by atoms with E-state index in [1.807, 2.05) is 41.3 Å². The molecule has 31 heavy (non-hydrogen) atoms. The summed E-state index contributed by atoms with van der Waals surface area (Å²) in [6.07, 6.45) is 2.08. The molecular weight excluding hydrogens is 434 g/mol. The SMILES string of the molecule is CCCCOc1cccc(C(=O)N2CCN(c3nc4c(OC)c(Cl)ccc4s3)CC2)c1. The van der Waals surface area contributed by atoms with Gasteiger partial charge in [0.15, 0.2) is 10.9 Å². The van der Waals surface area contributed by atoms with Gasteiger partial charge in [-0.25, -0.2) is 4.98 Å². The number of rotatable bonds is 7. The van der Waals surface area contributed by atoms with Crippen LogP contribution in [0, 0.1) is 0 Å². The van der Waals surface area contributed by atoms with Gasteiger partial charge in [-0.05, 0) is 36.8 Å². The summed E-state index contributed by atoms with van der Waals surface area (Å²) in [6.45, 7) is 5.55. The molecular formula is C23H26ClN3O3S. The molecule has 1 saturated heterocycles. The molecule has 1 fully saturated rings. The Morgan fingerprint density at radius 2 is 2.00 bits per heavy atom. The maximum Gasteiger partial charge on any atom is 0.254 e. The predicted molar refractivity (Wildman–Crippen MR) is 126 cm³/mol. The number of methoxy groups -OCH3 is 1. The Kier molecular flexibility index (Phi) is 6.83. The van der Waals surface area contributed by atoms with Gasteiger partial charge in [-0.3, -0.25) is 4.79 Å². The fourth-order valence-corrected chi connectivity index (χ4v) is 4.85. The standard InChI is InChI=1S/C23H26ClN3O3S/c1-3-4-14-30-17-7-5-6-16(15-17)22(28)26-10-12-27(13-11-26)23-25-20-19(31-23)9-8-18(24)21(20)29-2/h5-9,15H,3-4,10-14H2,1-2H3. The first-order chi connectivity index (χ1) is 15.1. The van der Waals surface area contributed by atoms with E-state index in [9.17, 15) is 4.79 Å². The Bertz CT molecular complexity index is 1060. The lowest BCUT2D eigenvalue weighted by Crippen LogP contribution is -2.48. The van der Waals surface area contributed by atoms with Crippen molar-refractivity contribution in [3.8, 4) is 11.5 Å². The molecule has 0 saturated carbocycles. The Balaban J connectivity index is 1.41. The Labute approximate surface area is 191 Å². The van der Waals surface area contributed by atoms with Crippen molar-refractivity contribution in [1.82, 2.24) is 9.88 Å². The van der Waals surface area contributed by atoms with Crippen LogP contribution in [-0.4, -0.2) is 55.7 Å². The quantitative estimate of drug-likeness (QED) is 0.460. The number of thiazole rings is 1. The molecule has 0 N–H and O–H groups in total. The summed E-state index contributed by atoms with van der Waals surface area (Å²) in [7, 11) is 1.61. The molecule has 1 aliphatic heterocycles. The Morgan fingerprint density at radius 1 is 1.19 bits per heavy atom. The molecule has 4 rings (SSSR count). The van der Waals surface area contributed by atoms with Crippen LogP contribution in [0.1, 0.15) is 30.1 Å². The number of hydrogen-bond acceptors (Lipinski definition) is 6. The van der Waals surface area contributed by atoms with E-state index < -0.39 is 0 Å². The van der Waals surface area contributed by atoms with Crippen molar-refractivity contribution < 1.29 is 14.3 Å². The van der Waals surface area contributed by atoms with Crippen molar-refractivity contribution in [2.75, 3.05) is 44.8 Å². The molecule has 164 valence electrons. The Morgan fingerprint density at radius 3 is 2.74 bits per heavy atom. The van der Waals surface area contributed by atoms with Gasteiger partial charge in [0.1, 0.15) is 11.3 Å². The first-order valence-corrected chi connectivity index (χ1v) is 11.7. The molecule has 6 nitrogen and oxygen atoms in total. The molecule has 0 unspecified atom stereocenters. The zero-order valence-electron chi connectivity index (χ0n) is 17.8. The zero-order chi connectivity index (χ0) is 21.8. The van der Waals surface area contributed by atoms with Crippen molar-refractivity contribution in [3.05, 3.63) is 47.0 Å². The Hall–Kier alpha value is -2.51. The average molecular weight is 460 g/mol. The monoisotopic (exact) mass is 459 g/mol. The summed E-state index contributed by atoms with van der Waals surface area (Å²) < 4.78 is 12.2. The van der Waals surface area contributed by atoms with Gasteiger partial charge in [0.2, 0.25) is 0 Å². The van der Waals surface area contributed by atoms with Crippen molar-refractivity contribution in [2.45, 2.75) is 19.8 Å². The van der Waals surface area contributed by atoms with Crippen molar-refractivity contribution in [1.29, 1.82) is 0 Å². The molecule has 0 radical (unpaired) electrons. The van der Waals surface area contributed by atoms with Crippen molar-refractivity contribution >= 4 is 44.2 Å². The number of nitrogens with zero attached hydrogens (tertiary/aromatic N) is 3. The number of halogens is 1. The zero-order valence-corrected chi connectivity index (χ0v) is 19.3. The van der Waals surface area contributed by atoms with E-state index in [2.05, 4.69) is 11.8 Å². The highest BCUT2D eigenvalue weighted by Crippen LogP contribution is 2.38. The molecule has 1 amide bonds. The largest absolute Gasteiger partial charge is 0.494 e. The summed E-state index contributed by atoms with van der Waals surface area (Å²) in [6, 6.07) is 11.3. The van der Waals surface area contributed by atoms with E-state index in [-0.39, 0.29) is 5.91 Å². The fourth-order valence-electron chi connectivity index (χ4n) is 3.60. The van der Waals surface area contributed by atoms with Gasteiger partial charge in [0.05, 0.1) is 23.4 Å². The second-order valence-corrected chi connectivity index (χ2v) is 8.85. The van der Waals surface area contributed by atoms with Crippen LogP contribution >= 0.6 is 22.9 Å². The number of fused-ring (bicyclic) bond motifs is 1. The lowest BCUT2D eigenvalue weighted by atomic mass is 10.1. The highest BCUT2D eigenvalue weighted by molar-refractivity contribution is 7.22. The second kappa shape index (κ2) is 9.75. The van der Waals surface area contributed by atoms with Crippen molar-refractivity contribution in [3.63, 3.8) is 0 Å². The smallest absolute Gasteiger partial charge is 0.254 e. The number of benzene rings is 2. The molecule has 0 spiro atoms. The van der Waals surface area contributed by atoms with E-state index in [4.69, 9.17) is 26.1 Å². The van der Waals surface area contributed by atoms with Gasteiger partial charge in [-0.1, -0.05) is 42.3 Å². The van der Waals surface area contributed by atoms with Crippen LogP contribution in [0.25, 0.3) is 10.2 Å². The molecule has 2 heterocycles. The molecule has 8 heteroatoms. The molecule has 1 aliphatic rings. The van der Waals surface area contributed by atoms with Gasteiger partial charge in [0.25, 0.3) is 5.91 Å². The summed E-state index contributed by atoms with van der Waals surface area (Å²) in [4.78, 5) is 21.9. The number of anilines is 1. The van der Waals surface area contributed by atoms with Gasteiger partial charge in [-0.2, -0.15) is 0 Å². The minimum atomic E-state index is 0.0401. The molecule has 3 aromatic rings. The molecule has 0 atom stereocenters. The average Bonchev–Trinajstić information content (AvgIpc) is 3.23. The third kappa shape index (κ3) is 4.72. The molecule has 0 aliphatic carbocycles. The van der Waals surface area contributed by atoms with E-state index in [1.165, 1.54) is 0 Å². The summed E-state index contributed by atoms with van der Waals surface area (Å²) in [5.41, 5.74) is 1.45. The van der Waals surface area contributed by atoms with Crippen LogP contribution < -0.4 is 14.4 Å². The second-order valence-electron chi connectivity index (χ2n) is 7.43. The minimum absolute atomic E-state index is 0.0401. The van der Waals surface area contributed by atoms with Crippen molar-refractivity contribution in [2.24, 2.45) is 0 Å². The normalized spacial score (nSPS) is 14.2. The third-order valence-corrected chi connectivity index (χ3v) is 6.72. The van der Waals surface area contributed by atoms with Crippen LogP contribution in [-0.2, 0) is 0 Å². The maximum atomic E-state index is 13.0. The molecule has 2 aromatic carbocycles. The molecule has 1 aromatic heterocycles. The van der Waals surface area contributed by atoms with E-state index in [0.717, 1.165) is 47.0 Å². The van der Waals surface area contributed by atoms with Crippen LogP contribution in [0.15, 0.2) is 36.4 Å². The first-order valence-electron chi connectivity index (χ1n) is 10.5.